The van der Waals surface area contributed by atoms with Crippen LogP contribution in [0.25, 0.3) is 0 Å². The summed E-state index contributed by atoms with van der Waals surface area (Å²) < 4.78 is 5.70. The first-order valence-electron chi connectivity index (χ1n) is 6.19. The minimum absolute atomic E-state index is 0.388. The van der Waals surface area contributed by atoms with Gasteiger partial charge in [-0.1, -0.05) is 26.0 Å². The summed E-state index contributed by atoms with van der Waals surface area (Å²) in [6.45, 7) is 4.70. The topological polar surface area (TPSA) is 73.1 Å². The predicted molar refractivity (Wildman–Crippen MR) is 74.7 cm³/mol. The Hall–Kier alpha value is -2.14. The van der Waals surface area contributed by atoms with Crippen molar-refractivity contribution in [3.8, 4) is 5.75 Å². The zero-order valence-electron chi connectivity index (χ0n) is 11.1. The highest BCUT2D eigenvalue weighted by Gasteiger charge is 2.02. The number of hydrazine groups is 1. The number of rotatable bonds is 5. The summed E-state index contributed by atoms with van der Waals surface area (Å²) in [4.78, 5) is 8.27. The molecule has 1 aromatic carbocycles. The second kappa shape index (κ2) is 6.15. The van der Waals surface area contributed by atoms with Crippen LogP contribution in [0.4, 0.5) is 5.82 Å². The van der Waals surface area contributed by atoms with E-state index >= 15 is 0 Å². The summed E-state index contributed by atoms with van der Waals surface area (Å²) in [5, 5.41) is 0. The molecular formula is C14H18N4O. The van der Waals surface area contributed by atoms with Gasteiger partial charge in [0.2, 0.25) is 0 Å². The van der Waals surface area contributed by atoms with E-state index in [1.54, 1.807) is 12.4 Å². The first-order chi connectivity index (χ1) is 9.19. The van der Waals surface area contributed by atoms with Crippen LogP contribution < -0.4 is 16.0 Å². The summed E-state index contributed by atoms with van der Waals surface area (Å²) in [5.41, 5.74) is 4.45. The van der Waals surface area contributed by atoms with Crippen molar-refractivity contribution in [1.29, 1.82) is 0 Å². The molecule has 2 rings (SSSR count). The van der Waals surface area contributed by atoms with Gasteiger partial charge in [-0.15, -0.1) is 0 Å². The monoisotopic (exact) mass is 258 g/mol. The highest BCUT2D eigenvalue weighted by Crippen LogP contribution is 2.20. The zero-order chi connectivity index (χ0) is 13.7. The van der Waals surface area contributed by atoms with Crippen LogP contribution in [0.1, 0.15) is 31.0 Å². The molecule has 0 atom stereocenters. The van der Waals surface area contributed by atoms with Crippen LogP contribution in [-0.2, 0) is 6.61 Å². The fraction of sp³-hybridized carbons (Fsp3) is 0.286. The number of nitrogens with one attached hydrogen (secondary N) is 1. The van der Waals surface area contributed by atoms with Crippen molar-refractivity contribution in [2.75, 3.05) is 5.43 Å². The molecule has 19 heavy (non-hydrogen) atoms. The van der Waals surface area contributed by atoms with Gasteiger partial charge < -0.3 is 10.2 Å². The summed E-state index contributed by atoms with van der Waals surface area (Å²) in [7, 11) is 0. The molecule has 0 spiro atoms. The molecule has 0 amide bonds. The lowest BCUT2D eigenvalue weighted by atomic mass is 10.0. The van der Waals surface area contributed by atoms with Crippen molar-refractivity contribution in [3.63, 3.8) is 0 Å². The third kappa shape index (κ3) is 3.66. The molecule has 1 aromatic heterocycles. The van der Waals surface area contributed by atoms with E-state index in [1.807, 2.05) is 18.2 Å². The van der Waals surface area contributed by atoms with E-state index < -0.39 is 0 Å². The van der Waals surface area contributed by atoms with Crippen LogP contribution in [0, 0.1) is 0 Å². The molecule has 0 radical (unpaired) electrons. The van der Waals surface area contributed by atoms with Gasteiger partial charge in [0.05, 0.1) is 18.1 Å². The second-order valence-electron chi connectivity index (χ2n) is 4.55. The Balaban J connectivity index is 1.99. The lowest BCUT2D eigenvalue weighted by Gasteiger charge is -2.09. The molecule has 2 aromatic rings. The fourth-order valence-electron chi connectivity index (χ4n) is 1.62. The molecule has 0 saturated heterocycles. The first kappa shape index (κ1) is 13.3. The van der Waals surface area contributed by atoms with Gasteiger partial charge in [-0.3, -0.25) is 4.98 Å². The molecule has 5 heteroatoms. The first-order valence-corrected chi connectivity index (χ1v) is 6.19. The number of anilines is 1. The van der Waals surface area contributed by atoms with Crippen molar-refractivity contribution >= 4 is 5.82 Å². The van der Waals surface area contributed by atoms with Gasteiger partial charge in [-0.05, 0) is 23.6 Å². The highest BCUT2D eigenvalue weighted by atomic mass is 16.5. The van der Waals surface area contributed by atoms with Crippen molar-refractivity contribution in [3.05, 3.63) is 47.9 Å². The summed E-state index contributed by atoms with van der Waals surface area (Å²) in [6, 6.07) is 8.08. The maximum atomic E-state index is 5.70. The fourth-order valence-corrected chi connectivity index (χ4v) is 1.62. The molecule has 0 bridgehead atoms. The number of nitrogens with zero attached hydrogens (tertiary/aromatic N) is 2. The SMILES string of the molecule is CC(C)c1cccc(OCc2cnc(NN)cn2)c1. The van der Waals surface area contributed by atoms with Gasteiger partial charge in [0.15, 0.2) is 5.82 Å². The molecule has 100 valence electrons. The molecule has 0 saturated carbocycles. The molecule has 3 N–H and O–H groups in total. The van der Waals surface area contributed by atoms with E-state index in [9.17, 15) is 0 Å². The largest absolute Gasteiger partial charge is 0.487 e. The molecule has 0 aliphatic heterocycles. The van der Waals surface area contributed by atoms with E-state index in [4.69, 9.17) is 10.6 Å². The molecular weight excluding hydrogens is 240 g/mol. The third-order valence-electron chi connectivity index (χ3n) is 2.76. The molecule has 5 nitrogen and oxygen atoms in total. The van der Waals surface area contributed by atoms with E-state index in [0.29, 0.717) is 18.3 Å². The molecule has 0 aliphatic rings. The van der Waals surface area contributed by atoms with Crippen LogP contribution in [0.3, 0.4) is 0 Å². The minimum atomic E-state index is 0.388. The Labute approximate surface area is 112 Å². The normalized spacial score (nSPS) is 10.5. The number of nitrogens with two attached hydrogens (primary N) is 1. The van der Waals surface area contributed by atoms with Crippen molar-refractivity contribution in [2.45, 2.75) is 26.4 Å². The number of hydrogen-bond donors (Lipinski definition) is 2. The van der Waals surface area contributed by atoms with Crippen molar-refractivity contribution < 1.29 is 4.74 Å². The van der Waals surface area contributed by atoms with Crippen LogP contribution in [0.2, 0.25) is 0 Å². The third-order valence-corrected chi connectivity index (χ3v) is 2.76. The average molecular weight is 258 g/mol. The van der Waals surface area contributed by atoms with Gasteiger partial charge in [0, 0.05) is 0 Å². The summed E-state index contributed by atoms with van der Waals surface area (Å²) >= 11 is 0. The Morgan fingerprint density at radius 3 is 2.74 bits per heavy atom. The second-order valence-corrected chi connectivity index (χ2v) is 4.55. The van der Waals surface area contributed by atoms with E-state index in [-0.39, 0.29) is 0 Å². The maximum Gasteiger partial charge on any atom is 0.158 e. The summed E-state index contributed by atoms with van der Waals surface area (Å²) in [5.74, 6) is 7.09. The van der Waals surface area contributed by atoms with E-state index in [0.717, 1.165) is 11.4 Å². The lowest BCUT2D eigenvalue weighted by molar-refractivity contribution is 0.300. The van der Waals surface area contributed by atoms with Crippen LogP contribution >= 0.6 is 0 Å². The van der Waals surface area contributed by atoms with Crippen LogP contribution in [-0.4, -0.2) is 9.97 Å². The van der Waals surface area contributed by atoms with E-state index in [2.05, 4.69) is 35.3 Å². The Morgan fingerprint density at radius 2 is 2.11 bits per heavy atom. The quantitative estimate of drug-likeness (QED) is 0.636. The van der Waals surface area contributed by atoms with Gasteiger partial charge in [0.25, 0.3) is 0 Å². The number of aromatic nitrogens is 2. The lowest BCUT2D eigenvalue weighted by Crippen LogP contribution is -2.09. The van der Waals surface area contributed by atoms with Gasteiger partial charge >= 0.3 is 0 Å². The Bertz CT molecular complexity index is 525. The number of benzene rings is 1. The average Bonchev–Trinajstić information content (AvgIpc) is 2.46. The van der Waals surface area contributed by atoms with Crippen LogP contribution in [0.15, 0.2) is 36.7 Å². The molecule has 0 fully saturated rings. The van der Waals surface area contributed by atoms with Crippen molar-refractivity contribution in [1.82, 2.24) is 9.97 Å². The van der Waals surface area contributed by atoms with Gasteiger partial charge in [-0.25, -0.2) is 10.8 Å². The zero-order valence-corrected chi connectivity index (χ0v) is 11.1. The van der Waals surface area contributed by atoms with Crippen LogP contribution in [0.5, 0.6) is 5.75 Å². The molecule has 1 heterocycles. The number of nitrogen functional groups attached to an aromatic ring is 1. The Kier molecular flexibility index (Phi) is 4.30. The van der Waals surface area contributed by atoms with Gasteiger partial charge in [-0.2, -0.15) is 0 Å². The minimum Gasteiger partial charge on any atom is -0.487 e. The predicted octanol–water partition coefficient (Wildman–Crippen LogP) is 2.46. The molecule has 0 aliphatic carbocycles. The standard InChI is InChI=1S/C14H18N4O/c1-10(2)11-4-3-5-13(6-11)19-9-12-7-17-14(18-15)8-16-12/h3-8,10H,9,15H2,1-2H3,(H,17,18). The van der Waals surface area contributed by atoms with E-state index in [1.165, 1.54) is 5.56 Å². The number of hydrogen-bond acceptors (Lipinski definition) is 5. The van der Waals surface area contributed by atoms with Crippen molar-refractivity contribution in [2.24, 2.45) is 5.84 Å². The highest BCUT2D eigenvalue weighted by molar-refractivity contribution is 5.31. The number of ether oxygens (including phenoxy) is 1. The summed E-state index contributed by atoms with van der Waals surface area (Å²) in [6.07, 6.45) is 3.21. The Morgan fingerprint density at radius 1 is 1.26 bits per heavy atom. The molecule has 0 unspecified atom stereocenters. The smallest absolute Gasteiger partial charge is 0.158 e. The van der Waals surface area contributed by atoms with Gasteiger partial charge in [0.1, 0.15) is 12.4 Å². The maximum absolute atomic E-state index is 5.70.